The molecule has 6 heteroatoms. The van der Waals surface area contributed by atoms with E-state index in [2.05, 4.69) is 16.5 Å². The van der Waals surface area contributed by atoms with E-state index in [9.17, 15) is 10.1 Å². The predicted octanol–water partition coefficient (Wildman–Crippen LogP) is 1.88. The topological polar surface area (TPSA) is 60.5 Å². The normalized spacial score (nSPS) is 20.4. The Balaban J connectivity index is 1.83. The number of benzene rings is 1. The largest absolute Gasteiger partial charge is 0.374 e. The van der Waals surface area contributed by atoms with E-state index in [1.807, 2.05) is 12.3 Å². The molecule has 1 aliphatic heterocycles. The first-order valence-electron chi connectivity index (χ1n) is 6.67. The van der Waals surface area contributed by atoms with E-state index in [4.69, 9.17) is 4.74 Å². The van der Waals surface area contributed by atoms with Crippen LogP contribution in [0.15, 0.2) is 30.5 Å². The Hall–Kier alpha value is -1.92. The third-order valence-corrected chi connectivity index (χ3v) is 3.71. The molecule has 1 aliphatic rings. The van der Waals surface area contributed by atoms with Crippen molar-refractivity contribution in [3.05, 3.63) is 40.6 Å². The molecule has 1 aromatic heterocycles. The van der Waals surface area contributed by atoms with Crippen molar-refractivity contribution in [2.75, 3.05) is 26.7 Å². The highest BCUT2D eigenvalue weighted by Gasteiger charge is 2.19. The number of fused-ring (bicyclic) bond motifs is 1. The molecular weight excluding hydrogens is 258 g/mol. The maximum absolute atomic E-state index is 10.8. The molecule has 106 valence electrons. The van der Waals surface area contributed by atoms with Crippen LogP contribution >= 0.6 is 0 Å². The number of aromatic nitrogens is 1. The average molecular weight is 275 g/mol. The van der Waals surface area contributed by atoms with E-state index >= 15 is 0 Å². The van der Waals surface area contributed by atoms with Gasteiger partial charge in [0.15, 0.2) is 0 Å². The smallest absolute Gasteiger partial charge is 0.270 e. The van der Waals surface area contributed by atoms with Crippen molar-refractivity contribution >= 4 is 16.6 Å². The molecule has 1 atom stereocenters. The fourth-order valence-electron chi connectivity index (χ4n) is 2.66. The lowest BCUT2D eigenvalue weighted by Gasteiger charge is -2.30. The molecule has 1 unspecified atom stereocenters. The molecule has 0 aliphatic carbocycles. The Kier molecular flexibility index (Phi) is 3.42. The standard InChI is InChI=1S/C14H17N3O3/c1-15-6-7-20-13(9-15)10-16-5-4-11-8-12(17(18)19)2-3-14(11)16/h2-5,8,13H,6-7,9-10H2,1H3. The summed E-state index contributed by atoms with van der Waals surface area (Å²) in [7, 11) is 2.09. The fourth-order valence-corrected chi connectivity index (χ4v) is 2.66. The number of ether oxygens (including phenoxy) is 1. The number of hydrogen-bond donors (Lipinski definition) is 0. The predicted molar refractivity (Wildman–Crippen MR) is 75.8 cm³/mol. The summed E-state index contributed by atoms with van der Waals surface area (Å²) in [4.78, 5) is 12.7. The number of non-ortho nitro benzene ring substituents is 1. The molecule has 0 amide bonds. The molecular formula is C14H17N3O3. The van der Waals surface area contributed by atoms with Crippen LogP contribution in [-0.4, -0.2) is 47.2 Å². The Morgan fingerprint density at radius 1 is 1.45 bits per heavy atom. The van der Waals surface area contributed by atoms with Gasteiger partial charge in [-0.05, 0) is 19.2 Å². The van der Waals surface area contributed by atoms with Gasteiger partial charge in [0, 0.05) is 42.3 Å². The minimum absolute atomic E-state index is 0.129. The van der Waals surface area contributed by atoms with Crippen LogP contribution in [0.25, 0.3) is 10.9 Å². The van der Waals surface area contributed by atoms with Crippen molar-refractivity contribution < 1.29 is 9.66 Å². The molecule has 0 saturated carbocycles. The first kappa shape index (κ1) is 13.1. The van der Waals surface area contributed by atoms with Gasteiger partial charge in [-0.25, -0.2) is 0 Å². The Bertz CT molecular complexity index is 638. The lowest BCUT2D eigenvalue weighted by atomic mass is 10.2. The monoisotopic (exact) mass is 275 g/mol. The SMILES string of the molecule is CN1CCOC(Cn2ccc3cc([N+](=O)[O-])ccc32)C1. The van der Waals surface area contributed by atoms with Crippen LogP contribution in [0.5, 0.6) is 0 Å². The van der Waals surface area contributed by atoms with Gasteiger partial charge >= 0.3 is 0 Å². The molecule has 1 saturated heterocycles. The summed E-state index contributed by atoms with van der Waals surface area (Å²) < 4.78 is 7.86. The lowest BCUT2D eigenvalue weighted by Crippen LogP contribution is -2.41. The Morgan fingerprint density at radius 3 is 3.05 bits per heavy atom. The van der Waals surface area contributed by atoms with Crippen molar-refractivity contribution in [2.24, 2.45) is 0 Å². The van der Waals surface area contributed by atoms with Crippen LogP contribution in [0.3, 0.4) is 0 Å². The van der Waals surface area contributed by atoms with Gasteiger partial charge in [0.2, 0.25) is 0 Å². The minimum atomic E-state index is -0.365. The molecule has 3 rings (SSSR count). The maximum Gasteiger partial charge on any atom is 0.270 e. The number of hydrogen-bond acceptors (Lipinski definition) is 4. The van der Waals surface area contributed by atoms with Crippen LogP contribution in [0, 0.1) is 10.1 Å². The van der Waals surface area contributed by atoms with Gasteiger partial charge in [0.25, 0.3) is 5.69 Å². The van der Waals surface area contributed by atoms with Gasteiger partial charge < -0.3 is 14.2 Å². The van der Waals surface area contributed by atoms with Crippen molar-refractivity contribution in [1.29, 1.82) is 0 Å². The maximum atomic E-state index is 10.8. The van der Waals surface area contributed by atoms with Gasteiger partial charge in [-0.3, -0.25) is 10.1 Å². The lowest BCUT2D eigenvalue weighted by molar-refractivity contribution is -0.384. The van der Waals surface area contributed by atoms with Gasteiger partial charge in [-0.1, -0.05) is 0 Å². The van der Waals surface area contributed by atoms with E-state index in [-0.39, 0.29) is 16.7 Å². The van der Waals surface area contributed by atoms with Crippen LogP contribution in [0.2, 0.25) is 0 Å². The molecule has 1 fully saturated rings. The third kappa shape index (κ3) is 2.52. The molecule has 0 N–H and O–H groups in total. The van der Waals surface area contributed by atoms with E-state index in [0.717, 1.165) is 37.1 Å². The summed E-state index contributed by atoms with van der Waals surface area (Å²) in [5.74, 6) is 0. The number of rotatable bonds is 3. The highest BCUT2D eigenvalue weighted by molar-refractivity contribution is 5.82. The van der Waals surface area contributed by atoms with Crippen LogP contribution < -0.4 is 0 Å². The number of nitro benzene ring substituents is 1. The molecule has 2 aromatic rings. The average Bonchev–Trinajstić information content (AvgIpc) is 2.81. The van der Waals surface area contributed by atoms with Gasteiger partial charge in [0.05, 0.1) is 24.2 Å². The van der Waals surface area contributed by atoms with Gasteiger partial charge in [0.1, 0.15) is 0 Å². The van der Waals surface area contributed by atoms with E-state index in [1.165, 1.54) is 0 Å². The van der Waals surface area contributed by atoms with Crippen molar-refractivity contribution in [1.82, 2.24) is 9.47 Å². The highest BCUT2D eigenvalue weighted by Crippen LogP contribution is 2.22. The number of likely N-dealkylation sites (N-methyl/N-ethyl adjacent to an activating group) is 1. The van der Waals surface area contributed by atoms with Crippen LogP contribution in [-0.2, 0) is 11.3 Å². The van der Waals surface area contributed by atoms with Crippen molar-refractivity contribution in [3.8, 4) is 0 Å². The number of nitro groups is 1. The number of morpholine rings is 1. The highest BCUT2D eigenvalue weighted by atomic mass is 16.6. The third-order valence-electron chi connectivity index (χ3n) is 3.71. The summed E-state index contributed by atoms with van der Waals surface area (Å²) in [6, 6.07) is 6.88. The number of nitrogens with zero attached hydrogens (tertiary/aromatic N) is 3. The van der Waals surface area contributed by atoms with E-state index in [1.54, 1.807) is 18.2 Å². The van der Waals surface area contributed by atoms with Crippen molar-refractivity contribution in [3.63, 3.8) is 0 Å². The first-order chi connectivity index (χ1) is 9.63. The molecule has 0 spiro atoms. The minimum Gasteiger partial charge on any atom is -0.374 e. The van der Waals surface area contributed by atoms with Crippen LogP contribution in [0.1, 0.15) is 0 Å². The molecule has 0 radical (unpaired) electrons. The molecule has 1 aromatic carbocycles. The first-order valence-corrected chi connectivity index (χ1v) is 6.67. The molecule has 0 bridgehead atoms. The van der Waals surface area contributed by atoms with E-state index < -0.39 is 0 Å². The fraction of sp³-hybridized carbons (Fsp3) is 0.429. The summed E-state index contributed by atoms with van der Waals surface area (Å²) >= 11 is 0. The Morgan fingerprint density at radius 2 is 2.30 bits per heavy atom. The second-order valence-electron chi connectivity index (χ2n) is 5.22. The quantitative estimate of drug-likeness (QED) is 0.634. The molecule has 2 heterocycles. The summed E-state index contributed by atoms with van der Waals surface area (Å²) in [5, 5.41) is 11.7. The van der Waals surface area contributed by atoms with Gasteiger partial charge in [-0.2, -0.15) is 0 Å². The summed E-state index contributed by atoms with van der Waals surface area (Å²) in [5.41, 5.74) is 1.14. The zero-order valence-electron chi connectivity index (χ0n) is 11.4. The Labute approximate surface area is 116 Å². The summed E-state index contributed by atoms with van der Waals surface area (Å²) in [6.45, 7) is 3.40. The summed E-state index contributed by atoms with van der Waals surface area (Å²) in [6.07, 6.45) is 2.13. The molecule has 6 nitrogen and oxygen atoms in total. The molecule has 20 heavy (non-hydrogen) atoms. The zero-order chi connectivity index (χ0) is 14.1. The van der Waals surface area contributed by atoms with Crippen molar-refractivity contribution in [2.45, 2.75) is 12.6 Å². The second kappa shape index (κ2) is 5.22. The zero-order valence-corrected chi connectivity index (χ0v) is 11.4. The van der Waals surface area contributed by atoms with Crippen LogP contribution in [0.4, 0.5) is 5.69 Å². The van der Waals surface area contributed by atoms with E-state index in [0.29, 0.717) is 0 Å². The second-order valence-corrected chi connectivity index (χ2v) is 5.22. The van der Waals surface area contributed by atoms with Gasteiger partial charge in [-0.15, -0.1) is 0 Å².